The molecule has 1 heterocycles. The summed E-state index contributed by atoms with van der Waals surface area (Å²) in [7, 11) is 1.73. The molecule has 2 rings (SSSR count). The second-order valence-corrected chi connectivity index (χ2v) is 10.6. The van der Waals surface area contributed by atoms with Gasteiger partial charge in [0.15, 0.2) is 5.78 Å². The highest BCUT2D eigenvalue weighted by atomic mass is 16.1. The molecule has 2 aliphatic rings. The van der Waals surface area contributed by atoms with E-state index in [1.165, 1.54) is 24.0 Å². The van der Waals surface area contributed by atoms with Crippen LogP contribution in [0, 0.1) is 11.8 Å². The molecule has 1 fully saturated rings. The van der Waals surface area contributed by atoms with Crippen LogP contribution in [0.25, 0.3) is 0 Å². The summed E-state index contributed by atoms with van der Waals surface area (Å²) in [5, 5.41) is 0. The second kappa shape index (κ2) is 14.6. The summed E-state index contributed by atoms with van der Waals surface area (Å²) in [5.41, 5.74) is 9.43. The van der Waals surface area contributed by atoms with E-state index in [0.717, 1.165) is 47.3 Å². The van der Waals surface area contributed by atoms with Crippen LogP contribution >= 0.6 is 0 Å². The monoisotopic (exact) mass is 510 g/mol. The molecule has 0 radical (unpaired) electrons. The van der Waals surface area contributed by atoms with Crippen molar-refractivity contribution in [2.75, 3.05) is 7.05 Å². The number of rotatable bonds is 9. The topological polar surface area (TPSA) is 41.8 Å². The van der Waals surface area contributed by atoms with Gasteiger partial charge < -0.3 is 0 Å². The number of hydrogen-bond donors (Lipinski definition) is 0. The van der Waals surface area contributed by atoms with Gasteiger partial charge in [0.2, 0.25) is 0 Å². The summed E-state index contributed by atoms with van der Waals surface area (Å²) in [5.74, 6) is 0.516. The highest BCUT2D eigenvalue weighted by molar-refractivity contribution is 6.20. The fraction of sp³-hybridized carbons (Fsp3) is 0.400. The average molecular weight is 511 g/mol. The smallest absolute Gasteiger partial charge is 0.183 e. The Morgan fingerprint density at radius 1 is 1.16 bits per heavy atom. The Balaban J connectivity index is 2.51. The molecule has 3 heteroatoms. The van der Waals surface area contributed by atoms with Crippen molar-refractivity contribution in [3.63, 3.8) is 0 Å². The van der Waals surface area contributed by atoms with Crippen LogP contribution in [0.2, 0.25) is 0 Å². The van der Waals surface area contributed by atoms with Gasteiger partial charge in [-0.15, -0.1) is 0 Å². The number of hydrogen-bond acceptors (Lipinski definition) is 3. The zero-order chi connectivity index (χ0) is 28.4. The summed E-state index contributed by atoms with van der Waals surface area (Å²) < 4.78 is 0. The molecule has 0 aromatic carbocycles. The van der Waals surface area contributed by atoms with Crippen LogP contribution in [0.3, 0.4) is 0 Å². The summed E-state index contributed by atoms with van der Waals surface area (Å²) in [6.07, 6.45) is 18.1. The van der Waals surface area contributed by atoms with Gasteiger partial charge in [0.25, 0.3) is 0 Å². The summed E-state index contributed by atoms with van der Waals surface area (Å²) in [4.78, 5) is 22.5. The minimum atomic E-state index is -0.109. The van der Waals surface area contributed by atoms with Crippen LogP contribution in [0.1, 0.15) is 73.1 Å². The van der Waals surface area contributed by atoms with Crippen molar-refractivity contribution in [1.29, 1.82) is 0 Å². The molecular formula is C35H46N2O. The average Bonchev–Trinajstić information content (AvgIpc) is 3.18. The van der Waals surface area contributed by atoms with Crippen molar-refractivity contribution < 1.29 is 4.79 Å². The fourth-order valence-electron chi connectivity index (χ4n) is 5.04. The normalized spacial score (nSPS) is 21.9. The minimum absolute atomic E-state index is 0.109. The number of ketones is 1. The SMILES string of the molecule is C=C/C(C)=C\C(C)/C(=C\C(=NC)C1=CC(=O)C(=C)CC(/C(C)=C\C(=C/C)C2CCCC(=C)CC2)=N1)C(=C)C. The molecule has 0 aromatic rings. The Hall–Kier alpha value is -3.33. The van der Waals surface area contributed by atoms with E-state index in [-0.39, 0.29) is 11.7 Å². The first kappa shape index (κ1) is 30.9. The Morgan fingerprint density at radius 2 is 1.87 bits per heavy atom. The first-order valence-electron chi connectivity index (χ1n) is 13.7. The van der Waals surface area contributed by atoms with E-state index in [0.29, 0.717) is 29.3 Å². The number of nitrogens with zero attached hydrogens (tertiary/aromatic N) is 2. The first-order valence-corrected chi connectivity index (χ1v) is 13.7. The van der Waals surface area contributed by atoms with Crippen molar-refractivity contribution in [1.82, 2.24) is 0 Å². The van der Waals surface area contributed by atoms with Crippen LogP contribution in [0.4, 0.5) is 0 Å². The number of allylic oxidation sites excluding steroid dienone is 13. The molecule has 202 valence electrons. The molecular weight excluding hydrogens is 464 g/mol. The van der Waals surface area contributed by atoms with Crippen molar-refractivity contribution in [3.8, 4) is 0 Å². The van der Waals surface area contributed by atoms with E-state index in [4.69, 9.17) is 4.99 Å². The Morgan fingerprint density at radius 3 is 2.47 bits per heavy atom. The Labute approximate surface area is 231 Å². The Bertz CT molecular complexity index is 1210. The highest BCUT2D eigenvalue weighted by Gasteiger charge is 2.21. The maximum atomic E-state index is 12.9. The van der Waals surface area contributed by atoms with E-state index in [9.17, 15) is 4.79 Å². The quantitative estimate of drug-likeness (QED) is 0.100. The second-order valence-electron chi connectivity index (χ2n) is 10.6. The largest absolute Gasteiger partial charge is 0.290 e. The molecule has 0 saturated heterocycles. The third-order valence-electron chi connectivity index (χ3n) is 7.44. The molecule has 2 unspecified atom stereocenters. The van der Waals surface area contributed by atoms with E-state index in [1.807, 2.05) is 26.0 Å². The van der Waals surface area contributed by atoms with Gasteiger partial charge in [-0.05, 0) is 100 Å². The zero-order valence-corrected chi connectivity index (χ0v) is 24.5. The molecule has 1 aliphatic carbocycles. The van der Waals surface area contributed by atoms with Gasteiger partial charge in [-0.1, -0.05) is 74.3 Å². The number of aliphatic imine (C=N–C) groups is 2. The Kier molecular flexibility index (Phi) is 11.8. The first-order chi connectivity index (χ1) is 18.0. The van der Waals surface area contributed by atoms with Crippen LogP contribution in [-0.2, 0) is 4.79 Å². The lowest BCUT2D eigenvalue weighted by molar-refractivity contribution is -0.111. The van der Waals surface area contributed by atoms with Gasteiger partial charge >= 0.3 is 0 Å². The third-order valence-corrected chi connectivity index (χ3v) is 7.44. The predicted octanol–water partition coefficient (Wildman–Crippen LogP) is 9.21. The fourth-order valence-corrected chi connectivity index (χ4v) is 5.04. The lowest BCUT2D eigenvalue weighted by atomic mass is 9.89. The van der Waals surface area contributed by atoms with Gasteiger partial charge in [-0.3, -0.25) is 14.8 Å². The van der Waals surface area contributed by atoms with Gasteiger partial charge in [0.05, 0.1) is 11.4 Å². The molecule has 1 aliphatic heterocycles. The molecule has 2 atom stereocenters. The molecule has 0 N–H and O–H groups in total. The lowest BCUT2D eigenvalue weighted by Gasteiger charge is -2.17. The van der Waals surface area contributed by atoms with Crippen molar-refractivity contribution in [3.05, 3.63) is 107 Å². The standard InChI is InChI=1S/C35H46N2O/c1-11-24(5)18-26(7)31(23(3)4)21-33(36-10)34-22-35(38)28(9)20-32(37-34)27(8)19-29(12-2)30-15-13-14-25(6)16-17-30/h11-12,18-19,21-22,26,30H,1,3,6,9,13-17,20H2,2,4-5,7-8,10H3/b24-18-,27-19-,29-12+,31-21-,36-33?. The van der Waals surface area contributed by atoms with E-state index >= 15 is 0 Å². The van der Waals surface area contributed by atoms with Crippen LogP contribution < -0.4 is 0 Å². The van der Waals surface area contributed by atoms with E-state index < -0.39 is 0 Å². The summed E-state index contributed by atoms with van der Waals surface area (Å²) in [6.45, 7) is 26.7. The van der Waals surface area contributed by atoms with Gasteiger partial charge in [0.1, 0.15) is 0 Å². The summed E-state index contributed by atoms with van der Waals surface area (Å²) >= 11 is 0. The molecule has 0 spiro atoms. The van der Waals surface area contributed by atoms with Crippen molar-refractivity contribution >= 4 is 17.2 Å². The molecule has 3 nitrogen and oxygen atoms in total. The molecule has 0 bridgehead atoms. The molecule has 0 amide bonds. The zero-order valence-electron chi connectivity index (χ0n) is 24.5. The lowest BCUT2D eigenvalue weighted by Crippen LogP contribution is -2.08. The molecule has 38 heavy (non-hydrogen) atoms. The van der Waals surface area contributed by atoms with Crippen molar-refractivity contribution in [2.45, 2.75) is 73.1 Å². The molecule has 0 aromatic heterocycles. The maximum absolute atomic E-state index is 12.9. The van der Waals surface area contributed by atoms with E-state index in [2.05, 4.69) is 70.3 Å². The van der Waals surface area contributed by atoms with Crippen LogP contribution in [0.15, 0.2) is 117 Å². The predicted molar refractivity (Wildman–Crippen MR) is 167 cm³/mol. The maximum Gasteiger partial charge on any atom is 0.183 e. The van der Waals surface area contributed by atoms with Crippen LogP contribution in [-0.4, -0.2) is 24.3 Å². The number of carbonyl (C=O) groups is 1. The molecule has 1 saturated carbocycles. The summed E-state index contributed by atoms with van der Waals surface area (Å²) in [6, 6.07) is 0. The van der Waals surface area contributed by atoms with Gasteiger partial charge in [-0.2, -0.15) is 0 Å². The minimum Gasteiger partial charge on any atom is -0.290 e. The third kappa shape index (κ3) is 8.62. The van der Waals surface area contributed by atoms with Gasteiger partial charge in [-0.25, -0.2) is 0 Å². The van der Waals surface area contributed by atoms with Crippen LogP contribution in [0.5, 0.6) is 0 Å². The van der Waals surface area contributed by atoms with E-state index in [1.54, 1.807) is 13.1 Å². The highest BCUT2D eigenvalue weighted by Crippen LogP contribution is 2.32. The van der Waals surface area contributed by atoms with Crippen molar-refractivity contribution in [2.24, 2.45) is 21.8 Å². The van der Waals surface area contributed by atoms with Gasteiger partial charge in [0, 0.05) is 25.3 Å². The number of carbonyl (C=O) groups excluding carboxylic acids is 1.